The van der Waals surface area contributed by atoms with E-state index in [9.17, 15) is 9.59 Å². The Morgan fingerprint density at radius 2 is 1.74 bits per heavy atom. The average molecular weight is 537 g/mol. The van der Waals surface area contributed by atoms with Crippen LogP contribution in [0.3, 0.4) is 0 Å². The number of benzene rings is 2. The first-order valence-corrected chi connectivity index (χ1v) is 12.1. The van der Waals surface area contributed by atoms with Crippen LogP contribution in [0.1, 0.15) is 6.92 Å². The Balaban J connectivity index is 0.000000436. The van der Waals surface area contributed by atoms with Crippen LogP contribution in [0.25, 0.3) is 28.0 Å². The van der Waals surface area contributed by atoms with E-state index in [0.717, 1.165) is 40.3 Å². The minimum atomic E-state index is -1.26. The third kappa shape index (κ3) is 8.16. The highest BCUT2D eigenvalue weighted by Gasteiger charge is 2.15. The number of aromatic nitrogens is 3. The summed E-state index contributed by atoms with van der Waals surface area (Å²) in [4.78, 5) is 25.9. The van der Waals surface area contributed by atoms with Crippen LogP contribution in [0, 0.1) is 5.92 Å². The van der Waals surface area contributed by atoms with Gasteiger partial charge in [-0.15, -0.1) is 0 Å². The van der Waals surface area contributed by atoms with Crippen LogP contribution in [0.15, 0.2) is 79.0 Å². The van der Waals surface area contributed by atoms with Crippen LogP contribution in [0.4, 0.5) is 0 Å². The van der Waals surface area contributed by atoms with Crippen molar-refractivity contribution in [2.24, 2.45) is 5.92 Å². The van der Waals surface area contributed by atoms with E-state index >= 15 is 0 Å². The van der Waals surface area contributed by atoms with Crippen LogP contribution in [-0.2, 0) is 9.59 Å². The molecule has 0 spiro atoms. The van der Waals surface area contributed by atoms with E-state index in [4.69, 9.17) is 31.6 Å². The second kappa shape index (κ2) is 13.4. The number of ether oxygens (including phenoxy) is 1. The number of halogens is 1. The number of nitrogens with zero attached hydrogens (tertiary/aromatic N) is 4. The van der Waals surface area contributed by atoms with Gasteiger partial charge in [0.1, 0.15) is 11.4 Å². The van der Waals surface area contributed by atoms with Crippen molar-refractivity contribution in [3.8, 4) is 22.7 Å². The Bertz CT molecular complexity index is 1400. The number of rotatable bonds is 9. The summed E-state index contributed by atoms with van der Waals surface area (Å²) in [6, 6.07) is 19.7. The van der Waals surface area contributed by atoms with Crippen molar-refractivity contribution in [3.63, 3.8) is 0 Å². The van der Waals surface area contributed by atoms with Crippen molar-refractivity contribution in [2.75, 3.05) is 27.2 Å². The van der Waals surface area contributed by atoms with Gasteiger partial charge < -0.3 is 19.8 Å². The number of carboxylic acid groups (broad SMARTS) is 2. The fourth-order valence-corrected chi connectivity index (χ4v) is 3.84. The highest BCUT2D eigenvalue weighted by Crippen LogP contribution is 2.30. The zero-order valence-corrected chi connectivity index (χ0v) is 22.0. The van der Waals surface area contributed by atoms with Crippen LogP contribution < -0.4 is 4.74 Å². The van der Waals surface area contributed by atoms with Gasteiger partial charge in [-0.3, -0.25) is 0 Å². The summed E-state index contributed by atoms with van der Waals surface area (Å²) in [6.45, 7) is 3.83. The maximum Gasteiger partial charge on any atom is 0.328 e. The van der Waals surface area contributed by atoms with E-state index in [2.05, 4.69) is 30.9 Å². The normalized spacial score (nSPS) is 11.8. The maximum atomic E-state index is 9.55. The van der Waals surface area contributed by atoms with Crippen LogP contribution in [-0.4, -0.2) is 69.1 Å². The molecule has 0 amide bonds. The SMILES string of the molecule is CC(COc1cccc(-n2nc(-c3ccc(Cl)cc3)c3cccnc32)c1)CN(C)C.O=C(O)C=CC(=O)O. The molecule has 4 rings (SSSR count). The molecule has 0 radical (unpaired) electrons. The Morgan fingerprint density at radius 1 is 1.05 bits per heavy atom. The van der Waals surface area contributed by atoms with Crippen LogP contribution >= 0.6 is 11.6 Å². The minimum Gasteiger partial charge on any atom is -0.493 e. The van der Waals surface area contributed by atoms with Gasteiger partial charge in [-0.2, -0.15) is 5.10 Å². The molecule has 2 heterocycles. The Morgan fingerprint density at radius 3 is 2.37 bits per heavy atom. The Kier molecular flexibility index (Phi) is 9.98. The zero-order valence-electron chi connectivity index (χ0n) is 21.3. The number of pyridine rings is 1. The first kappa shape index (κ1) is 28.4. The Hall–Kier alpha value is -4.21. The molecule has 38 heavy (non-hydrogen) atoms. The molecule has 1 unspecified atom stereocenters. The summed E-state index contributed by atoms with van der Waals surface area (Å²) in [5, 5.41) is 22.2. The molecule has 2 N–H and O–H groups in total. The van der Waals surface area contributed by atoms with Gasteiger partial charge in [-0.1, -0.05) is 36.7 Å². The standard InChI is InChI=1S/C24H25ClN4O.C4H4O4/c1-17(15-28(2)3)16-30-21-7-4-6-20(14-21)29-24-22(8-5-13-26-24)23(27-29)18-9-11-19(25)12-10-18;5-3(6)1-2-4(7)8/h4-14,17H,15-16H2,1-3H3;1-2H,(H,5,6)(H,7,8). The fourth-order valence-electron chi connectivity index (χ4n) is 3.71. The molecule has 0 aliphatic heterocycles. The van der Waals surface area contributed by atoms with E-state index in [0.29, 0.717) is 29.7 Å². The molecule has 0 aliphatic carbocycles. The molecular formula is C28H29ClN4O5. The summed E-state index contributed by atoms with van der Waals surface area (Å²) < 4.78 is 7.92. The first-order valence-electron chi connectivity index (χ1n) is 11.8. The van der Waals surface area contributed by atoms with E-state index in [1.54, 1.807) is 6.20 Å². The topological polar surface area (TPSA) is 118 Å². The lowest BCUT2D eigenvalue weighted by Gasteiger charge is -2.17. The van der Waals surface area contributed by atoms with E-state index < -0.39 is 11.9 Å². The molecule has 0 aliphatic rings. The molecule has 0 saturated heterocycles. The van der Waals surface area contributed by atoms with Gasteiger partial charge in [0.25, 0.3) is 0 Å². The highest BCUT2D eigenvalue weighted by molar-refractivity contribution is 6.30. The lowest BCUT2D eigenvalue weighted by Crippen LogP contribution is -2.24. The second-order valence-corrected chi connectivity index (χ2v) is 9.26. The zero-order chi connectivity index (χ0) is 27.7. The van der Waals surface area contributed by atoms with E-state index in [1.165, 1.54) is 0 Å². The smallest absolute Gasteiger partial charge is 0.328 e. The first-order chi connectivity index (χ1) is 18.1. The summed E-state index contributed by atoms with van der Waals surface area (Å²) in [5.74, 6) is -1.25. The lowest BCUT2D eigenvalue weighted by molar-refractivity contribution is -0.134. The van der Waals surface area contributed by atoms with Crippen LogP contribution in [0.5, 0.6) is 5.75 Å². The molecule has 0 bridgehead atoms. The van der Waals surface area contributed by atoms with Gasteiger partial charge in [-0.25, -0.2) is 19.3 Å². The van der Waals surface area contributed by atoms with Gasteiger partial charge in [-0.05, 0) is 50.5 Å². The molecule has 4 aromatic rings. The number of fused-ring (bicyclic) bond motifs is 1. The molecule has 2 aromatic heterocycles. The molecular weight excluding hydrogens is 508 g/mol. The average Bonchev–Trinajstić information content (AvgIpc) is 3.27. The van der Waals surface area contributed by atoms with Gasteiger partial charge in [0.05, 0.1) is 12.3 Å². The number of carbonyl (C=O) groups is 2. The second-order valence-electron chi connectivity index (χ2n) is 8.83. The maximum absolute atomic E-state index is 9.55. The van der Waals surface area contributed by atoms with Crippen molar-refractivity contribution in [1.82, 2.24) is 19.7 Å². The minimum absolute atomic E-state index is 0.437. The summed E-state index contributed by atoms with van der Waals surface area (Å²) in [5.41, 5.74) is 3.60. The number of hydrogen-bond donors (Lipinski definition) is 2. The van der Waals surface area contributed by atoms with E-state index in [1.807, 2.05) is 65.3 Å². The molecule has 0 fully saturated rings. The lowest BCUT2D eigenvalue weighted by atomic mass is 10.1. The highest BCUT2D eigenvalue weighted by atomic mass is 35.5. The predicted octanol–water partition coefficient (Wildman–Crippen LogP) is 5.03. The number of carboxylic acids is 2. The van der Waals surface area contributed by atoms with Crippen LogP contribution in [0.2, 0.25) is 5.02 Å². The molecule has 198 valence electrons. The third-order valence-corrected chi connectivity index (χ3v) is 5.45. The predicted molar refractivity (Wildman–Crippen MR) is 147 cm³/mol. The largest absolute Gasteiger partial charge is 0.493 e. The summed E-state index contributed by atoms with van der Waals surface area (Å²) in [7, 11) is 4.15. The van der Waals surface area contributed by atoms with Gasteiger partial charge >= 0.3 is 11.9 Å². The van der Waals surface area contributed by atoms with Crippen molar-refractivity contribution in [2.45, 2.75) is 6.92 Å². The fraction of sp³-hybridized carbons (Fsp3) is 0.214. The summed E-state index contributed by atoms with van der Waals surface area (Å²) in [6.07, 6.45) is 2.90. The van der Waals surface area contributed by atoms with Crippen molar-refractivity contribution in [1.29, 1.82) is 0 Å². The van der Waals surface area contributed by atoms with Crippen molar-refractivity contribution < 1.29 is 24.5 Å². The van der Waals surface area contributed by atoms with E-state index in [-0.39, 0.29) is 0 Å². The monoisotopic (exact) mass is 536 g/mol. The molecule has 9 nitrogen and oxygen atoms in total. The third-order valence-electron chi connectivity index (χ3n) is 5.20. The molecule has 2 aromatic carbocycles. The molecule has 1 atom stereocenters. The molecule has 10 heteroatoms. The number of aliphatic carboxylic acids is 2. The van der Waals surface area contributed by atoms with Gasteiger partial charge in [0, 0.05) is 52.9 Å². The van der Waals surface area contributed by atoms with Gasteiger partial charge in [0.15, 0.2) is 5.65 Å². The van der Waals surface area contributed by atoms with Crippen molar-refractivity contribution in [3.05, 3.63) is 84.0 Å². The van der Waals surface area contributed by atoms with Gasteiger partial charge in [0.2, 0.25) is 0 Å². The quantitative estimate of drug-likeness (QED) is 0.286. The van der Waals surface area contributed by atoms with Crippen molar-refractivity contribution >= 4 is 34.6 Å². The molecule has 0 saturated carbocycles. The summed E-state index contributed by atoms with van der Waals surface area (Å²) >= 11 is 6.06. The Labute approximate surface area is 225 Å². The number of hydrogen-bond acceptors (Lipinski definition) is 6.